The predicted molar refractivity (Wildman–Crippen MR) is 26.6 cm³/mol. The summed E-state index contributed by atoms with van der Waals surface area (Å²) in [5.41, 5.74) is 0. The molecule has 0 aliphatic rings. The molecular weight excluding hydrogens is 126 g/mol. The Morgan fingerprint density at radius 1 is 1.78 bits per heavy atom. The lowest BCUT2D eigenvalue weighted by Crippen LogP contribution is -2.22. The number of aliphatic imine (C=N–C) groups is 1. The Bertz CT molecular complexity index is 149. The summed E-state index contributed by atoms with van der Waals surface area (Å²) in [6.07, 6.45) is -0.486. The number of carboxylic acids is 1. The molecule has 0 saturated heterocycles. The fraction of sp³-hybridized carbons (Fsp3) is 0.500. The van der Waals surface area contributed by atoms with Crippen molar-refractivity contribution in [3.05, 3.63) is 0 Å². The first kappa shape index (κ1) is 7.81. The van der Waals surface area contributed by atoms with Crippen molar-refractivity contribution in [1.29, 1.82) is 0 Å². The first-order valence-electron chi connectivity index (χ1n) is 2.13. The van der Waals surface area contributed by atoms with Gasteiger partial charge in [-0.3, -0.25) is 0 Å². The second kappa shape index (κ2) is 3.77. The number of aliphatic hydroxyl groups excluding tert-OH is 1. The number of carboxylic acid groups (broad SMARTS) is 1. The van der Waals surface area contributed by atoms with Crippen LogP contribution in [0.5, 0.6) is 0 Å². The Labute approximate surface area is 50.6 Å². The number of isocyanates is 1. The van der Waals surface area contributed by atoms with Crippen LogP contribution in [-0.2, 0) is 9.59 Å². The smallest absolute Gasteiger partial charge is 0.334 e. The fourth-order valence-electron chi connectivity index (χ4n) is 0.202. The third-order valence-corrected chi connectivity index (χ3v) is 0.614. The zero-order chi connectivity index (χ0) is 7.28. The van der Waals surface area contributed by atoms with Crippen LogP contribution >= 0.6 is 0 Å². The molecule has 0 aromatic heterocycles. The molecule has 0 heterocycles. The minimum atomic E-state index is -1.59. The van der Waals surface area contributed by atoms with Crippen LogP contribution in [0.15, 0.2) is 4.99 Å². The Balaban J connectivity index is 3.63. The van der Waals surface area contributed by atoms with Crippen LogP contribution in [0.2, 0.25) is 0 Å². The lowest BCUT2D eigenvalue weighted by Gasteiger charge is -1.95. The average molecular weight is 131 g/mol. The molecule has 0 rings (SSSR count). The van der Waals surface area contributed by atoms with Gasteiger partial charge in [-0.05, 0) is 0 Å². The van der Waals surface area contributed by atoms with Crippen molar-refractivity contribution in [3.8, 4) is 0 Å². The highest BCUT2D eigenvalue weighted by Gasteiger charge is 2.10. The van der Waals surface area contributed by atoms with Gasteiger partial charge in [0.25, 0.3) is 0 Å². The lowest BCUT2D eigenvalue weighted by atomic mass is 10.4. The van der Waals surface area contributed by atoms with Crippen LogP contribution < -0.4 is 0 Å². The molecule has 50 valence electrons. The van der Waals surface area contributed by atoms with Crippen molar-refractivity contribution in [3.63, 3.8) is 0 Å². The van der Waals surface area contributed by atoms with Crippen molar-refractivity contribution < 1.29 is 19.8 Å². The molecule has 9 heavy (non-hydrogen) atoms. The summed E-state index contributed by atoms with van der Waals surface area (Å²) < 4.78 is 0. The second-order valence-electron chi connectivity index (χ2n) is 1.29. The molecule has 0 aromatic rings. The molecule has 0 spiro atoms. The molecule has 5 nitrogen and oxygen atoms in total. The van der Waals surface area contributed by atoms with Crippen LogP contribution in [0.3, 0.4) is 0 Å². The Morgan fingerprint density at radius 2 is 2.33 bits per heavy atom. The van der Waals surface area contributed by atoms with Crippen molar-refractivity contribution in [2.24, 2.45) is 4.99 Å². The maximum absolute atomic E-state index is 9.77. The summed E-state index contributed by atoms with van der Waals surface area (Å²) in [5, 5.41) is 16.4. The normalized spacial score (nSPS) is 11.7. The van der Waals surface area contributed by atoms with Crippen molar-refractivity contribution in [2.75, 3.05) is 6.54 Å². The van der Waals surface area contributed by atoms with Gasteiger partial charge in [0.15, 0.2) is 6.10 Å². The molecule has 1 unspecified atom stereocenters. The van der Waals surface area contributed by atoms with E-state index in [2.05, 4.69) is 4.99 Å². The summed E-state index contributed by atoms with van der Waals surface area (Å²) in [5.74, 6) is -1.39. The topological polar surface area (TPSA) is 87.0 Å². The zero-order valence-corrected chi connectivity index (χ0v) is 4.44. The van der Waals surface area contributed by atoms with Gasteiger partial charge in [0.1, 0.15) is 0 Å². The molecule has 0 radical (unpaired) electrons. The van der Waals surface area contributed by atoms with Gasteiger partial charge in [0, 0.05) is 0 Å². The maximum Gasteiger partial charge on any atom is 0.334 e. The highest BCUT2D eigenvalue weighted by Crippen LogP contribution is 1.81. The van der Waals surface area contributed by atoms with Gasteiger partial charge in [-0.15, -0.1) is 0 Å². The molecular formula is C4H5NO4. The van der Waals surface area contributed by atoms with E-state index in [1.807, 2.05) is 0 Å². The van der Waals surface area contributed by atoms with Gasteiger partial charge < -0.3 is 10.2 Å². The fourth-order valence-corrected chi connectivity index (χ4v) is 0.202. The van der Waals surface area contributed by atoms with E-state index < -0.39 is 18.6 Å². The van der Waals surface area contributed by atoms with E-state index in [0.717, 1.165) is 6.08 Å². The van der Waals surface area contributed by atoms with E-state index in [0.29, 0.717) is 0 Å². The van der Waals surface area contributed by atoms with Crippen LogP contribution in [0, 0.1) is 0 Å². The van der Waals surface area contributed by atoms with Crippen molar-refractivity contribution in [2.45, 2.75) is 6.10 Å². The van der Waals surface area contributed by atoms with Gasteiger partial charge in [-0.25, -0.2) is 14.6 Å². The molecule has 2 N–H and O–H groups in total. The van der Waals surface area contributed by atoms with E-state index in [9.17, 15) is 9.59 Å². The Hall–Kier alpha value is -1.19. The van der Waals surface area contributed by atoms with Gasteiger partial charge in [-0.1, -0.05) is 0 Å². The summed E-state index contributed by atoms with van der Waals surface area (Å²) >= 11 is 0. The summed E-state index contributed by atoms with van der Waals surface area (Å²) in [6.45, 7) is -0.432. The largest absolute Gasteiger partial charge is 0.479 e. The summed E-state index contributed by atoms with van der Waals surface area (Å²) in [4.78, 5) is 22.0. The van der Waals surface area contributed by atoms with Gasteiger partial charge >= 0.3 is 5.97 Å². The molecule has 1 atom stereocenters. The van der Waals surface area contributed by atoms with Gasteiger partial charge in [0.05, 0.1) is 6.54 Å². The van der Waals surface area contributed by atoms with Crippen LogP contribution in [-0.4, -0.2) is 34.9 Å². The third kappa shape index (κ3) is 3.40. The minimum Gasteiger partial charge on any atom is -0.479 e. The van der Waals surface area contributed by atoms with E-state index in [1.165, 1.54) is 0 Å². The molecule has 0 aromatic carbocycles. The highest BCUT2D eigenvalue weighted by molar-refractivity contribution is 5.72. The molecule has 5 heteroatoms. The number of aliphatic hydroxyl groups is 1. The van der Waals surface area contributed by atoms with E-state index in [1.54, 1.807) is 0 Å². The quantitative estimate of drug-likeness (QED) is 0.370. The lowest BCUT2D eigenvalue weighted by molar-refractivity contribution is -0.145. The van der Waals surface area contributed by atoms with Crippen LogP contribution in [0.25, 0.3) is 0 Å². The minimum absolute atomic E-state index is 0.432. The molecule has 0 aliphatic carbocycles. The maximum atomic E-state index is 9.77. The first-order valence-corrected chi connectivity index (χ1v) is 2.13. The van der Waals surface area contributed by atoms with E-state index >= 15 is 0 Å². The number of aliphatic carboxylic acids is 1. The van der Waals surface area contributed by atoms with Crippen molar-refractivity contribution >= 4 is 12.0 Å². The van der Waals surface area contributed by atoms with E-state index in [4.69, 9.17) is 10.2 Å². The van der Waals surface area contributed by atoms with Crippen molar-refractivity contribution in [1.82, 2.24) is 0 Å². The molecule has 0 amide bonds. The Kier molecular flexibility index (Phi) is 3.27. The second-order valence-corrected chi connectivity index (χ2v) is 1.29. The number of nitrogens with zero attached hydrogens (tertiary/aromatic N) is 1. The van der Waals surface area contributed by atoms with Gasteiger partial charge in [0.2, 0.25) is 6.08 Å². The SMILES string of the molecule is O=C=NCC(O)C(=O)O. The predicted octanol–water partition coefficient (Wildman–Crippen LogP) is -1.23. The standard InChI is InChI=1S/C4H5NO4/c6-2-5-1-3(7)4(8)9/h3,7H,1H2,(H,8,9). The summed E-state index contributed by atoms with van der Waals surface area (Å²) in [6, 6.07) is 0. The molecule has 0 aliphatic heterocycles. The molecule has 0 bridgehead atoms. The highest BCUT2D eigenvalue weighted by atomic mass is 16.4. The van der Waals surface area contributed by atoms with Crippen LogP contribution in [0.4, 0.5) is 0 Å². The number of carbonyl (C=O) groups excluding carboxylic acids is 1. The average Bonchev–Trinajstić information content (AvgIpc) is 1.82. The van der Waals surface area contributed by atoms with Crippen LogP contribution in [0.1, 0.15) is 0 Å². The van der Waals surface area contributed by atoms with E-state index in [-0.39, 0.29) is 0 Å². The number of hydrogen-bond acceptors (Lipinski definition) is 4. The molecule has 0 fully saturated rings. The number of carbonyl (C=O) groups is 1. The monoisotopic (exact) mass is 131 g/mol. The zero-order valence-electron chi connectivity index (χ0n) is 4.44. The number of hydrogen-bond donors (Lipinski definition) is 2. The Morgan fingerprint density at radius 3 is 2.67 bits per heavy atom. The number of rotatable bonds is 3. The molecule has 0 saturated carbocycles. The first-order chi connectivity index (χ1) is 4.18. The summed E-state index contributed by atoms with van der Waals surface area (Å²) in [7, 11) is 0. The third-order valence-electron chi connectivity index (χ3n) is 0.614. The van der Waals surface area contributed by atoms with Gasteiger partial charge in [-0.2, -0.15) is 0 Å².